The van der Waals surface area contributed by atoms with Crippen LogP contribution < -0.4 is 11.2 Å². The van der Waals surface area contributed by atoms with Gasteiger partial charge in [0.15, 0.2) is 0 Å². The van der Waals surface area contributed by atoms with Gasteiger partial charge in [-0.25, -0.2) is 4.79 Å². The molecule has 0 N–H and O–H groups in total. The fourth-order valence-corrected chi connectivity index (χ4v) is 4.09. The minimum atomic E-state index is -0.649. The number of nitrogens with zero attached hydrogens (tertiary/aromatic N) is 4. The third-order valence-corrected chi connectivity index (χ3v) is 5.53. The van der Waals surface area contributed by atoms with Gasteiger partial charge in [0.25, 0.3) is 11.5 Å². The second-order valence-corrected chi connectivity index (χ2v) is 8.27. The van der Waals surface area contributed by atoms with Crippen LogP contribution in [0.5, 0.6) is 0 Å². The van der Waals surface area contributed by atoms with Gasteiger partial charge in [-0.05, 0) is 62.4 Å². The molecule has 7 heteroatoms. The highest BCUT2D eigenvalue weighted by Crippen LogP contribution is 2.13. The minimum Gasteiger partial charge on any atom is -0.337 e. The first-order chi connectivity index (χ1) is 14.8. The van der Waals surface area contributed by atoms with E-state index in [1.807, 2.05) is 63.2 Å². The van der Waals surface area contributed by atoms with Crippen molar-refractivity contribution in [3.8, 4) is 5.69 Å². The van der Waals surface area contributed by atoms with Crippen LogP contribution in [0.25, 0.3) is 5.69 Å². The largest absolute Gasteiger partial charge is 0.352 e. The number of aryl methyl sites for hydroxylation is 3. The van der Waals surface area contributed by atoms with E-state index in [2.05, 4.69) is 5.10 Å². The molecule has 0 radical (unpaired) electrons. The summed E-state index contributed by atoms with van der Waals surface area (Å²) < 4.78 is 2.29. The number of carbonyl (C=O) groups excluding carboxylic acids is 1. The number of benzene rings is 2. The van der Waals surface area contributed by atoms with Crippen molar-refractivity contribution in [3.63, 3.8) is 0 Å². The van der Waals surface area contributed by atoms with Crippen LogP contribution in [0.2, 0.25) is 0 Å². The molecular weight excluding hydrogens is 392 g/mol. The summed E-state index contributed by atoms with van der Waals surface area (Å²) in [5.74, 6) is -0.418. The first-order valence-electron chi connectivity index (χ1n) is 10.5. The number of likely N-dealkylation sites (tertiary alicyclic amines) is 1. The molecular formula is C24H26N4O3. The maximum Gasteiger partial charge on any atom is 0.352 e. The number of carbonyl (C=O) groups is 1. The van der Waals surface area contributed by atoms with Crippen molar-refractivity contribution in [2.24, 2.45) is 0 Å². The molecule has 0 aliphatic carbocycles. The Morgan fingerprint density at radius 3 is 2.26 bits per heavy atom. The third kappa shape index (κ3) is 4.21. The van der Waals surface area contributed by atoms with Crippen LogP contribution in [0.3, 0.4) is 0 Å². The first-order valence-corrected chi connectivity index (χ1v) is 10.5. The van der Waals surface area contributed by atoms with E-state index in [1.165, 1.54) is 4.68 Å². The summed E-state index contributed by atoms with van der Waals surface area (Å²) in [5, 5.41) is 4.27. The van der Waals surface area contributed by atoms with E-state index in [9.17, 15) is 14.4 Å². The molecule has 31 heavy (non-hydrogen) atoms. The molecule has 1 amide bonds. The van der Waals surface area contributed by atoms with E-state index in [0.717, 1.165) is 39.7 Å². The van der Waals surface area contributed by atoms with Gasteiger partial charge in [-0.1, -0.05) is 35.9 Å². The van der Waals surface area contributed by atoms with Gasteiger partial charge in [-0.3, -0.25) is 14.2 Å². The molecule has 1 aliphatic heterocycles. The van der Waals surface area contributed by atoms with E-state index in [1.54, 1.807) is 4.90 Å². The van der Waals surface area contributed by atoms with Gasteiger partial charge in [0.05, 0.1) is 12.2 Å². The zero-order valence-electron chi connectivity index (χ0n) is 18.1. The van der Waals surface area contributed by atoms with Gasteiger partial charge in [-0.15, -0.1) is 0 Å². The molecule has 3 aromatic rings. The van der Waals surface area contributed by atoms with E-state index in [4.69, 9.17) is 0 Å². The molecule has 7 nitrogen and oxygen atoms in total. The second-order valence-electron chi connectivity index (χ2n) is 8.27. The lowest BCUT2D eigenvalue weighted by atomic mass is 10.1. The highest BCUT2D eigenvalue weighted by Gasteiger charge is 2.26. The number of rotatable bonds is 4. The van der Waals surface area contributed by atoms with Crippen molar-refractivity contribution < 1.29 is 4.79 Å². The zero-order valence-corrected chi connectivity index (χ0v) is 18.1. The summed E-state index contributed by atoms with van der Waals surface area (Å²) in [6, 6.07) is 13.3. The third-order valence-electron chi connectivity index (χ3n) is 5.53. The van der Waals surface area contributed by atoms with Gasteiger partial charge >= 0.3 is 5.69 Å². The van der Waals surface area contributed by atoms with Crippen molar-refractivity contribution in [2.45, 2.75) is 40.2 Å². The van der Waals surface area contributed by atoms with Crippen molar-refractivity contribution in [3.05, 3.63) is 91.3 Å². The molecule has 0 spiro atoms. The molecule has 0 unspecified atom stereocenters. The number of hydrogen-bond acceptors (Lipinski definition) is 4. The van der Waals surface area contributed by atoms with E-state index in [0.29, 0.717) is 18.8 Å². The number of hydrogen-bond donors (Lipinski definition) is 0. The van der Waals surface area contributed by atoms with Gasteiger partial charge in [0.2, 0.25) is 5.69 Å². The zero-order chi connectivity index (χ0) is 22.1. The van der Waals surface area contributed by atoms with Crippen LogP contribution in [0.4, 0.5) is 0 Å². The Kier molecular flexibility index (Phi) is 5.59. The first kappa shape index (κ1) is 20.8. The van der Waals surface area contributed by atoms with Gasteiger partial charge in [-0.2, -0.15) is 9.78 Å². The van der Waals surface area contributed by atoms with E-state index < -0.39 is 17.2 Å². The fraction of sp³-hybridized carbons (Fsp3) is 0.333. The van der Waals surface area contributed by atoms with Crippen LogP contribution in [-0.4, -0.2) is 38.2 Å². The molecule has 4 rings (SSSR count). The Bertz CT molecular complexity index is 1250. The van der Waals surface area contributed by atoms with Crippen LogP contribution in [0, 0.1) is 20.8 Å². The monoisotopic (exact) mass is 418 g/mol. The van der Waals surface area contributed by atoms with Crippen LogP contribution in [0.1, 0.15) is 45.6 Å². The Hall–Kier alpha value is -3.48. The molecule has 0 atom stereocenters. The molecule has 0 bridgehead atoms. The molecule has 1 fully saturated rings. The second kappa shape index (κ2) is 8.34. The summed E-state index contributed by atoms with van der Waals surface area (Å²) in [7, 11) is 0. The highest BCUT2D eigenvalue weighted by atomic mass is 16.2. The van der Waals surface area contributed by atoms with Crippen LogP contribution >= 0.6 is 0 Å². The van der Waals surface area contributed by atoms with E-state index in [-0.39, 0.29) is 12.2 Å². The van der Waals surface area contributed by atoms with Gasteiger partial charge < -0.3 is 4.90 Å². The summed E-state index contributed by atoms with van der Waals surface area (Å²) in [6.07, 6.45) is 1.81. The highest BCUT2D eigenvalue weighted by molar-refractivity contribution is 5.92. The lowest BCUT2D eigenvalue weighted by Gasteiger charge is -2.17. The molecule has 0 saturated carbocycles. The average molecular weight is 418 g/mol. The lowest BCUT2D eigenvalue weighted by molar-refractivity contribution is 0.0781. The molecule has 1 aliphatic rings. The van der Waals surface area contributed by atoms with Crippen molar-refractivity contribution in [2.75, 3.05) is 13.1 Å². The summed E-state index contributed by atoms with van der Waals surface area (Å²) in [5.41, 5.74) is 2.89. The van der Waals surface area contributed by atoms with Crippen molar-refractivity contribution in [1.82, 2.24) is 19.2 Å². The maximum atomic E-state index is 13.3. The standard InChI is InChI=1S/C24H26N4O3/c1-16-7-6-8-19(12-16)15-27-23(30)21(22(29)26-9-4-5-10-26)25-28(24(27)31)20-13-17(2)11-18(3)14-20/h6-8,11-14H,4-5,9-10,15H2,1-3H3. The number of aromatic nitrogens is 3. The van der Waals surface area contributed by atoms with E-state index >= 15 is 0 Å². The predicted molar refractivity (Wildman–Crippen MR) is 119 cm³/mol. The SMILES string of the molecule is Cc1cccc(Cn2c(=O)c(C(=O)N3CCCC3)nn(-c3cc(C)cc(C)c3)c2=O)c1. The minimum absolute atomic E-state index is 0.0763. The van der Waals surface area contributed by atoms with Gasteiger partial charge in [0.1, 0.15) is 0 Å². The molecule has 2 heterocycles. The molecule has 1 aromatic heterocycles. The number of amides is 1. The Balaban J connectivity index is 1.92. The fourth-order valence-electron chi connectivity index (χ4n) is 4.09. The Morgan fingerprint density at radius 2 is 1.61 bits per heavy atom. The smallest absolute Gasteiger partial charge is 0.337 e. The van der Waals surface area contributed by atoms with Crippen LogP contribution in [0.15, 0.2) is 52.1 Å². The Labute approximate surface area is 180 Å². The van der Waals surface area contributed by atoms with Gasteiger partial charge in [0, 0.05) is 13.1 Å². The quantitative estimate of drug-likeness (QED) is 0.653. The predicted octanol–water partition coefficient (Wildman–Crippen LogP) is 2.60. The van der Waals surface area contributed by atoms with Crippen molar-refractivity contribution >= 4 is 5.91 Å². The molecule has 160 valence electrons. The molecule has 1 saturated heterocycles. The normalized spacial score (nSPS) is 13.6. The average Bonchev–Trinajstić information content (AvgIpc) is 3.25. The van der Waals surface area contributed by atoms with Crippen molar-refractivity contribution in [1.29, 1.82) is 0 Å². The summed E-state index contributed by atoms with van der Waals surface area (Å²) in [6.45, 7) is 7.09. The summed E-state index contributed by atoms with van der Waals surface area (Å²) in [4.78, 5) is 41.3. The molecule has 2 aromatic carbocycles. The Morgan fingerprint density at radius 1 is 0.935 bits per heavy atom. The topological polar surface area (TPSA) is 77.2 Å². The summed E-state index contributed by atoms with van der Waals surface area (Å²) >= 11 is 0. The van der Waals surface area contributed by atoms with Crippen LogP contribution in [-0.2, 0) is 6.54 Å². The maximum absolute atomic E-state index is 13.3. The lowest BCUT2D eigenvalue weighted by Crippen LogP contribution is -2.46.